The Labute approximate surface area is 281 Å². The zero-order valence-corrected chi connectivity index (χ0v) is 28.8. The SMILES string of the molecule is CCC(=O)N[C@H](Cc1ccc(NC(=O)[C@@H]([SiH2]NC(=O)C(F)(F)c2ccc(C#N)cc2)C2CCCCC2)c(F)c1)C(=O)N1CCN(C)CC1. The van der Waals surface area contributed by atoms with Crippen molar-refractivity contribution in [3.05, 3.63) is 65.0 Å². The summed E-state index contributed by atoms with van der Waals surface area (Å²) in [7, 11) is 0.0167. The second-order valence-electron chi connectivity index (χ2n) is 12.6. The second kappa shape index (κ2) is 16.7. The molecule has 0 radical (unpaired) electrons. The largest absolute Gasteiger partial charge is 0.381 e. The molecule has 2 aliphatic rings. The summed E-state index contributed by atoms with van der Waals surface area (Å²) < 4.78 is 45.4. The van der Waals surface area contributed by atoms with Crippen molar-refractivity contribution in [3.8, 4) is 6.07 Å². The number of nitrogens with one attached hydrogen (secondary N) is 3. The number of likely N-dealkylation sites (N-methyl/N-ethyl adjacent to an activating group) is 1. The molecule has 0 bridgehead atoms. The Kier molecular flexibility index (Phi) is 12.8. The van der Waals surface area contributed by atoms with Gasteiger partial charge in [-0.2, -0.15) is 14.0 Å². The molecular formula is C34H43F3N6O4Si. The van der Waals surface area contributed by atoms with Gasteiger partial charge in [-0.15, -0.1) is 0 Å². The molecule has 3 N–H and O–H groups in total. The molecule has 0 aromatic heterocycles. The average molecular weight is 685 g/mol. The summed E-state index contributed by atoms with van der Waals surface area (Å²) in [5.74, 6) is -7.34. The summed E-state index contributed by atoms with van der Waals surface area (Å²) in [5.41, 5.74) is -0.784. The zero-order chi connectivity index (χ0) is 34.8. The zero-order valence-electron chi connectivity index (χ0n) is 27.4. The summed E-state index contributed by atoms with van der Waals surface area (Å²) in [6.07, 6.45) is 4.35. The molecule has 258 valence electrons. The first-order chi connectivity index (χ1) is 22.9. The van der Waals surface area contributed by atoms with Crippen LogP contribution in [0.4, 0.5) is 18.9 Å². The molecule has 10 nitrogen and oxygen atoms in total. The van der Waals surface area contributed by atoms with E-state index in [1.54, 1.807) is 17.9 Å². The molecule has 4 amide bonds. The van der Waals surface area contributed by atoms with Crippen LogP contribution in [0.5, 0.6) is 0 Å². The molecule has 2 aromatic carbocycles. The van der Waals surface area contributed by atoms with Crippen molar-refractivity contribution < 1.29 is 32.3 Å². The van der Waals surface area contributed by atoms with Gasteiger partial charge in [0.1, 0.15) is 21.5 Å². The number of rotatable bonds is 12. The van der Waals surface area contributed by atoms with E-state index in [4.69, 9.17) is 5.26 Å². The molecule has 1 saturated heterocycles. The normalized spacial score (nSPS) is 17.4. The van der Waals surface area contributed by atoms with Crippen molar-refractivity contribution in [3.63, 3.8) is 0 Å². The van der Waals surface area contributed by atoms with E-state index in [1.807, 2.05) is 13.1 Å². The highest BCUT2D eigenvalue weighted by molar-refractivity contribution is 6.46. The van der Waals surface area contributed by atoms with Crippen LogP contribution in [0.1, 0.15) is 62.1 Å². The highest BCUT2D eigenvalue weighted by Gasteiger charge is 2.42. The van der Waals surface area contributed by atoms with Gasteiger partial charge in [-0.05, 0) is 55.6 Å². The molecule has 0 unspecified atom stereocenters. The Hall–Kier alpha value is -4.22. The van der Waals surface area contributed by atoms with Crippen molar-refractivity contribution in [2.24, 2.45) is 5.92 Å². The molecule has 2 atom stereocenters. The summed E-state index contributed by atoms with van der Waals surface area (Å²) in [6.45, 7) is 4.13. The van der Waals surface area contributed by atoms with Crippen molar-refractivity contribution in [1.82, 2.24) is 20.1 Å². The fourth-order valence-corrected chi connectivity index (χ4v) is 7.92. The van der Waals surface area contributed by atoms with Crippen LogP contribution in [0.3, 0.4) is 0 Å². The Bertz CT molecular complexity index is 1510. The minimum atomic E-state index is -3.86. The fourth-order valence-electron chi connectivity index (χ4n) is 6.20. The number of carbonyl (C=O) groups excluding carboxylic acids is 4. The number of halogens is 3. The minimum Gasteiger partial charge on any atom is -0.381 e. The lowest BCUT2D eigenvalue weighted by Gasteiger charge is -2.34. The highest BCUT2D eigenvalue weighted by Crippen LogP contribution is 2.35. The van der Waals surface area contributed by atoms with Gasteiger partial charge < -0.3 is 25.4 Å². The maximum atomic E-state index is 15.4. The van der Waals surface area contributed by atoms with Gasteiger partial charge in [-0.3, -0.25) is 19.2 Å². The van der Waals surface area contributed by atoms with Crippen molar-refractivity contribution in [2.45, 2.75) is 69.4 Å². The Morgan fingerprint density at radius 3 is 2.29 bits per heavy atom. The smallest absolute Gasteiger partial charge is 0.348 e. The molecule has 4 rings (SSSR count). The van der Waals surface area contributed by atoms with Gasteiger partial charge in [0.2, 0.25) is 17.7 Å². The number of nitriles is 1. The number of alkyl halides is 2. The van der Waals surface area contributed by atoms with Crippen LogP contribution < -0.4 is 15.6 Å². The Morgan fingerprint density at radius 2 is 1.69 bits per heavy atom. The first-order valence-corrected chi connectivity index (χ1v) is 18.0. The summed E-state index contributed by atoms with van der Waals surface area (Å²) >= 11 is 0. The van der Waals surface area contributed by atoms with Crippen LogP contribution in [-0.2, 0) is 31.5 Å². The van der Waals surface area contributed by atoms with Crippen LogP contribution >= 0.6 is 0 Å². The molecule has 2 aromatic rings. The molecule has 1 heterocycles. The van der Waals surface area contributed by atoms with Crippen molar-refractivity contribution >= 4 is 39.0 Å². The molecule has 1 aliphatic carbocycles. The lowest BCUT2D eigenvalue weighted by Crippen LogP contribution is -2.54. The predicted octanol–water partition coefficient (Wildman–Crippen LogP) is 3.21. The maximum absolute atomic E-state index is 15.4. The van der Waals surface area contributed by atoms with Gasteiger partial charge >= 0.3 is 5.92 Å². The number of carbonyl (C=O) groups is 4. The van der Waals surface area contributed by atoms with Crippen LogP contribution in [0, 0.1) is 23.1 Å². The van der Waals surface area contributed by atoms with E-state index in [9.17, 15) is 28.0 Å². The average Bonchev–Trinajstić information content (AvgIpc) is 3.09. The molecule has 48 heavy (non-hydrogen) atoms. The molecular weight excluding hydrogens is 641 g/mol. The lowest BCUT2D eigenvalue weighted by atomic mass is 9.86. The van der Waals surface area contributed by atoms with Crippen LogP contribution in [0.25, 0.3) is 0 Å². The monoisotopic (exact) mass is 684 g/mol. The maximum Gasteiger partial charge on any atom is 0.348 e. The van der Waals surface area contributed by atoms with Crippen molar-refractivity contribution in [1.29, 1.82) is 5.26 Å². The first-order valence-electron chi connectivity index (χ1n) is 16.5. The molecule has 2 fully saturated rings. The van der Waals surface area contributed by atoms with Crippen molar-refractivity contribution in [2.75, 3.05) is 38.5 Å². The molecule has 1 saturated carbocycles. The van der Waals surface area contributed by atoms with Crippen LogP contribution in [-0.4, -0.2) is 82.4 Å². The van der Waals surface area contributed by atoms with Gasteiger partial charge in [0, 0.05) is 50.1 Å². The van der Waals surface area contributed by atoms with E-state index in [0.29, 0.717) is 44.6 Å². The molecule has 1 aliphatic heterocycles. The van der Waals surface area contributed by atoms with E-state index in [0.717, 1.165) is 31.4 Å². The Balaban J connectivity index is 1.45. The van der Waals surface area contributed by atoms with E-state index in [2.05, 4.69) is 20.5 Å². The van der Waals surface area contributed by atoms with Gasteiger partial charge in [0.05, 0.1) is 17.3 Å². The summed E-state index contributed by atoms with van der Waals surface area (Å²) in [4.78, 5) is 58.0. The lowest BCUT2D eigenvalue weighted by molar-refractivity contribution is -0.145. The summed E-state index contributed by atoms with van der Waals surface area (Å²) in [5, 5.41) is 14.3. The van der Waals surface area contributed by atoms with Gasteiger partial charge in [0.25, 0.3) is 5.91 Å². The molecule has 0 spiro atoms. The second-order valence-corrected chi connectivity index (χ2v) is 14.2. The van der Waals surface area contributed by atoms with E-state index in [-0.39, 0.29) is 41.8 Å². The van der Waals surface area contributed by atoms with E-state index >= 15 is 4.39 Å². The third-order valence-corrected chi connectivity index (χ3v) is 11.2. The number of amides is 4. The standard InChI is InChI=1S/C34H43F3N6O4Si/c1-3-29(44)39-28(32(46)43-17-15-42(2)16-18-43)20-23-11-14-27(26(35)19-23)40-31(45)30(24-7-5-4-6-8-24)48-41-33(47)34(36,37)25-12-9-22(21-38)10-13-25/h9-14,19,24,28,30H,3-8,15-18,20,48H2,1-2H3,(H,39,44)(H,40,45)(H,41,47)/t28-,30+/m1/s1. The molecule has 14 heteroatoms. The number of benzene rings is 2. The third kappa shape index (κ3) is 9.44. The topological polar surface area (TPSA) is 135 Å². The number of hydrogen-bond acceptors (Lipinski definition) is 6. The highest BCUT2D eigenvalue weighted by atomic mass is 28.2. The summed E-state index contributed by atoms with van der Waals surface area (Å²) in [6, 6.07) is 9.61. The number of anilines is 1. The fraction of sp³-hybridized carbons (Fsp3) is 0.500. The van der Waals surface area contributed by atoms with Gasteiger partial charge in [-0.1, -0.05) is 44.4 Å². The number of nitrogens with zero attached hydrogens (tertiary/aromatic N) is 3. The van der Waals surface area contributed by atoms with Gasteiger partial charge in [-0.25, -0.2) is 4.39 Å². The number of hydrogen-bond donors (Lipinski definition) is 3. The quantitative estimate of drug-likeness (QED) is 0.294. The van der Waals surface area contributed by atoms with E-state index < -0.39 is 50.4 Å². The van der Waals surface area contributed by atoms with Gasteiger partial charge in [0.15, 0.2) is 0 Å². The van der Waals surface area contributed by atoms with Crippen LogP contribution in [0.15, 0.2) is 42.5 Å². The third-order valence-electron chi connectivity index (χ3n) is 9.20. The van der Waals surface area contributed by atoms with E-state index in [1.165, 1.54) is 24.3 Å². The Morgan fingerprint density at radius 1 is 1.02 bits per heavy atom. The predicted molar refractivity (Wildman–Crippen MR) is 177 cm³/mol. The number of piperazine rings is 1. The minimum absolute atomic E-state index is 0.0547. The first kappa shape index (κ1) is 36.6. The van der Waals surface area contributed by atoms with Crippen LogP contribution in [0.2, 0.25) is 5.54 Å².